The molecule has 0 heterocycles. The van der Waals surface area contributed by atoms with Crippen LogP contribution in [0.25, 0.3) is 0 Å². The van der Waals surface area contributed by atoms with Crippen LogP contribution in [-0.2, 0) is 4.79 Å². The van der Waals surface area contributed by atoms with Crippen LogP contribution in [-0.4, -0.2) is 5.91 Å². The van der Waals surface area contributed by atoms with Gasteiger partial charge in [0.15, 0.2) is 0 Å². The van der Waals surface area contributed by atoms with E-state index in [2.05, 4.69) is 10.6 Å². The molecule has 0 saturated carbocycles. The molecule has 2 aromatic carbocycles. The Morgan fingerprint density at radius 3 is 2.58 bits per heavy atom. The molecule has 0 unspecified atom stereocenters. The number of carbonyl (C=O) groups excluding carboxylic acids is 1. The Balaban J connectivity index is 2.15. The summed E-state index contributed by atoms with van der Waals surface area (Å²) in [6.07, 6.45) is 1.35. The first kappa shape index (κ1) is 17.9. The highest BCUT2D eigenvalue weighted by molar-refractivity contribution is 6.32. The molecule has 1 amide bonds. The molecule has 6 heteroatoms. The number of aryl methyl sites for hydroxylation is 1. The SMILES string of the molecule is Cc1ccc(NC(=O)/C(C#N)=C\Nc2cccc(Cl)c2C)cc1Cl. The first-order valence-electron chi connectivity index (χ1n) is 7.12. The van der Waals surface area contributed by atoms with Gasteiger partial charge in [-0.1, -0.05) is 35.3 Å². The number of hydrogen-bond acceptors (Lipinski definition) is 3. The third kappa shape index (κ3) is 4.29. The van der Waals surface area contributed by atoms with Gasteiger partial charge in [-0.3, -0.25) is 4.79 Å². The summed E-state index contributed by atoms with van der Waals surface area (Å²) in [4.78, 5) is 12.2. The van der Waals surface area contributed by atoms with E-state index in [-0.39, 0.29) is 5.57 Å². The molecule has 0 aliphatic heterocycles. The minimum absolute atomic E-state index is 0.0638. The second-order valence-corrected chi connectivity index (χ2v) is 5.96. The number of nitrogens with zero attached hydrogens (tertiary/aromatic N) is 1. The Hall–Kier alpha value is -2.48. The summed E-state index contributed by atoms with van der Waals surface area (Å²) in [5, 5.41) is 15.9. The highest BCUT2D eigenvalue weighted by Gasteiger charge is 2.10. The van der Waals surface area contributed by atoms with Crippen LogP contribution in [0.15, 0.2) is 48.2 Å². The quantitative estimate of drug-likeness (QED) is 0.591. The van der Waals surface area contributed by atoms with Gasteiger partial charge in [0.1, 0.15) is 11.6 Å². The lowest BCUT2D eigenvalue weighted by molar-refractivity contribution is -0.112. The standard InChI is InChI=1S/C18H15Cl2N3O/c1-11-6-7-14(8-16(11)20)23-18(24)13(9-21)10-22-17-5-3-4-15(19)12(17)2/h3-8,10,22H,1-2H3,(H,23,24)/b13-10-. The van der Waals surface area contributed by atoms with Crippen molar-refractivity contribution >= 4 is 40.5 Å². The average molecular weight is 360 g/mol. The Bertz CT molecular complexity index is 854. The van der Waals surface area contributed by atoms with Crippen molar-refractivity contribution in [3.05, 3.63) is 69.3 Å². The molecule has 0 spiro atoms. The molecule has 122 valence electrons. The topological polar surface area (TPSA) is 64.9 Å². The average Bonchev–Trinajstić information content (AvgIpc) is 2.55. The molecule has 2 rings (SSSR count). The van der Waals surface area contributed by atoms with Crippen molar-refractivity contribution in [2.45, 2.75) is 13.8 Å². The first-order valence-corrected chi connectivity index (χ1v) is 7.87. The second kappa shape index (κ2) is 7.87. The maximum atomic E-state index is 12.2. The van der Waals surface area contributed by atoms with Crippen LogP contribution in [0.2, 0.25) is 10.0 Å². The molecule has 0 aliphatic carbocycles. The van der Waals surface area contributed by atoms with Gasteiger partial charge in [0.05, 0.1) is 0 Å². The second-order valence-electron chi connectivity index (χ2n) is 5.14. The number of nitriles is 1. The van der Waals surface area contributed by atoms with Crippen LogP contribution < -0.4 is 10.6 Å². The molecule has 2 aromatic rings. The largest absolute Gasteiger partial charge is 0.360 e. The lowest BCUT2D eigenvalue weighted by Crippen LogP contribution is -2.14. The minimum Gasteiger partial charge on any atom is -0.360 e. The van der Waals surface area contributed by atoms with E-state index in [1.807, 2.05) is 26.0 Å². The fourth-order valence-corrected chi connectivity index (χ4v) is 2.29. The number of rotatable bonds is 4. The van der Waals surface area contributed by atoms with Crippen molar-refractivity contribution in [2.75, 3.05) is 10.6 Å². The summed E-state index contributed by atoms with van der Waals surface area (Å²) in [5.41, 5.74) is 2.92. The highest BCUT2D eigenvalue weighted by atomic mass is 35.5. The van der Waals surface area contributed by atoms with Gasteiger partial charge >= 0.3 is 0 Å². The van der Waals surface area contributed by atoms with Gasteiger partial charge in [-0.2, -0.15) is 5.26 Å². The molecule has 0 aliphatic rings. The number of amides is 1. The maximum Gasteiger partial charge on any atom is 0.267 e. The Labute approximate surface area is 150 Å². The van der Waals surface area contributed by atoms with Gasteiger partial charge < -0.3 is 10.6 Å². The summed E-state index contributed by atoms with van der Waals surface area (Å²) < 4.78 is 0. The molecular weight excluding hydrogens is 345 g/mol. The highest BCUT2D eigenvalue weighted by Crippen LogP contribution is 2.23. The number of halogens is 2. The van der Waals surface area contributed by atoms with E-state index in [0.29, 0.717) is 15.7 Å². The number of benzene rings is 2. The molecule has 0 fully saturated rings. The van der Waals surface area contributed by atoms with Crippen molar-refractivity contribution in [2.24, 2.45) is 0 Å². The Kier molecular flexibility index (Phi) is 5.86. The first-order chi connectivity index (χ1) is 11.4. The van der Waals surface area contributed by atoms with E-state index in [1.54, 1.807) is 30.3 Å². The van der Waals surface area contributed by atoms with Crippen molar-refractivity contribution in [3.8, 4) is 6.07 Å². The lowest BCUT2D eigenvalue weighted by Gasteiger charge is -2.08. The number of hydrogen-bond donors (Lipinski definition) is 2. The molecule has 0 radical (unpaired) electrons. The van der Waals surface area contributed by atoms with Crippen LogP contribution in [0, 0.1) is 25.2 Å². The maximum absolute atomic E-state index is 12.2. The summed E-state index contributed by atoms with van der Waals surface area (Å²) in [5.74, 6) is -0.524. The number of carbonyl (C=O) groups is 1. The fraction of sp³-hybridized carbons (Fsp3) is 0.111. The van der Waals surface area contributed by atoms with Gasteiger partial charge in [-0.15, -0.1) is 0 Å². The van der Waals surface area contributed by atoms with Crippen molar-refractivity contribution in [1.29, 1.82) is 5.26 Å². The molecule has 0 saturated heterocycles. The molecule has 2 N–H and O–H groups in total. The van der Waals surface area contributed by atoms with Crippen LogP contribution in [0.3, 0.4) is 0 Å². The van der Waals surface area contributed by atoms with Crippen molar-refractivity contribution in [1.82, 2.24) is 0 Å². The van der Waals surface area contributed by atoms with Gasteiger partial charge in [-0.25, -0.2) is 0 Å². The monoisotopic (exact) mass is 359 g/mol. The third-order valence-corrected chi connectivity index (χ3v) is 4.25. The zero-order valence-corrected chi connectivity index (χ0v) is 14.7. The normalized spacial score (nSPS) is 10.9. The van der Waals surface area contributed by atoms with E-state index >= 15 is 0 Å². The smallest absolute Gasteiger partial charge is 0.267 e. The lowest BCUT2D eigenvalue weighted by atomic mass is 10.2. The summed E-state index contributed by atoms with van der Waals surface area (Å²) in [7, 11) is 0. The Morgan fingerprint density at radius 1 is 1.17 bits per heavy atom. The van der Waals surface area contributed by atoms with Gasteiger partial charge in [0, 0.05) is 27.6 Å². The third-order valence-electron chi connectivity index (χ3n) is 3.43. The predicted octanol–water partition coefficient (Wildman–Crippen LogP) is 5.07. The van der Waals surface area contributed by atoms with E-state index in [0.717, 1.165) is 16.8 Å². The van der Waals surface area contributed by atoms with Crippen molar-refractivity contribution in [3.63, 3.8) is 0 Å². The molecule has 0 aromatic heterocycles. The summed E-state index contributed by atoms with van der Waals surface area (Å²) in [6, 6.07) is 12.4. The zero-order chi connectivity index (χ0) is 17.7. The van der Waals surface area contributed by atoms with Gasteiger partial charge in [0.2, 0.25) is 0 Å². The van der Waals surface area contributed by atoms with E-state index in [4.69, 9.17) is 23.2 Å². The van der Waals surface area contributed by atoms with E-state index in [9.17, 15) is 10.1 Å². The fourth-order valence-electron chi connectivity index (χ4n) is 1.93. The predicted molar refractivity (Wildman–Crippen MR) is 98.3 cm³/mol. The number of anilines is 2. The van der Waals surface area contributed by atoms with Crippen LogP contribution >= 0.6 is 23.2 Å². The van der Waals surface area contributed by atoms with Gasteiger partial charge in [0.25, 0.3) is 5.91 Å². The zero-order valence-electron chi connectivity index (χ0n) is 13.2. The van der Waals surface area contributed by atoms with Crippen LogP contribution in [0.1, 0.15) is 11.1 Å². The molecule has 0 bridgehead atoms. The molecular formula is C18H15Cl2N3O. The molecule has 0 atom stereocenters. The van der Waals surface area contributed by atoms with Crippen molar-refractivity contribution < 1.29 is 4.79 Å². The molecule has 4 nitrogen and oxygen atoms in total. The summed E-state index contributed by atoms with van der Waals surface area (Å²) in [6.45, 7) is 3.71. The summed E-state index contributed by atoms with van der Waals surface area (Å²) >= 11 is 12.1. The molecule has 24 heavy (non-hydrogen) atoms. The van der Waals surface area contributed by atoms with E-state index < -0.39 is 5.91 Å². The minimum atomic E-state index is -0.524. The Morgan fingerprint density at radius 2 is 1.92 bits per heavy atom. The van der Waals surface area contributed by atoms with Gasteiger partial charge in [-0.05, 0) is 49.2 Å². The van der Waals surface area contributed by atoms with Crippen LogP contribution in [0.5, 0.6) is 0 Å². The van der Waals surface area contributed by atoms with E-state index in [1.165, 1.54) is 6.20 Å². The van der Waals surface area contributed by atoms with Crippen LogP contribution in [0.4, 0.5) is 11.4 Å². The number of nitrogens with one attached hydrogen (secondary N) is 2.